The molecule has 0 aliphatic heterocycles. The first-order valence-corrected chi connectivity index (χ1v) is 13.1. The monoisotopic (exact) mass is 574 g/mol. The summed E-state index contributed by atoms with van der Waals surface area (Å²) in [4.78, 5) is 28.9. The van der Waals surface area contributed by atoms with Crippen LogP contribution in [-0.4, -0.2) is 29.3 Å². The first-order chi connectivity index (χ1) is 16.7. The van der Waals surface area contributed by atoms with Crippen LogP contribution >= 0.6 is 39.1 Å². The third-order valence-electron chi connectivity index (χ3n) is 5.59. The molecule has 0 spiro atoms. The molecule has 0 aromatic heterocycles. The fourth-order valence-electron chi connectivity index (χ4n) is 3.76. The minimum Gasteiger partial charge on any atom is -0.354 e. The van der Waals surface area contributed by atoms with Gasteiger partial charge < -0.3 is 10.2 Å². The second-order valence-electron chi connectivity index (χ2n) is 8.87. The van der Waals surface area contributed by atoms with E-state index in [0.29, 0.717) is 28.6 Å². The molecule has 7 heteroatoms. The quantitative estimate of drug-likeness (QED) is 0.292. The van der Waals surface area contributed by atoms with Crippen LogP contribution < -0.4 is 5.32 Å². The topological polar surface area (TPSA) is 49.4 Å². The van der Waals surface area contributed by atoms with Crippen LogP contribution in [0.4, 0.5) is 0 Å². The summed E-state index contributed by atoms with van der Waals surface area (Å²) < 4.78 is 0.903. The molecule has 3 aromatic rings. The van der Waals surface area contributed by atoms with Crippen molar-refractivity contribution in [1.29, 1.82) is 0 Å². The molecule has 2 amide bonds. The smallest absolute Gasteiger partial charge is 0.243 e. The van der Waals surface area contributed by atoms with Crippen molar-refractivity contribution in [2.45, 2.75) is 39.3 Å². The Hall–Kier alpha value is -2.34. The van der Waals surface area contributed by atoms with Crippen molar-refractivity contribution in [1.82, 2.24) is 10.2 Å². The van der Waals surface area contributed by atoms with Crippen LogP contribution in [-0.2, 0) is 29.0 Å². The van der Waals surface area contributed by atoms with Crippen LogP contribution in [0, 0.1) is 5.92 Å². The van der Waals surface area contributed by atoms with Crippen LogP contribution in [0.3, 0.4) is 0 Å². The molecular weight excluding hydrogens is 547 g/mol. The maximum Gasteiger partial charge on any atom is 0.243 e. The van der Waals surface area contributed by atoms with Crippen molar-refractivity contribution in [3.63, 3.8) is 0 Å². The summed E-state index contributed by atoms with van der Waals surface area (Å²) in [5.41, 5.74) is 2.44. The SMILES string of the molecule is CC(C)CNC(=O)[C@@H](Cc1ccccc1)N(Cc1cccc(Br)c1)C(=O)Cc1c(Cl)cccc1Cl. The lowest BCUT2D eigenvalue weighted by Gasteiger charge is -2.32. The van der Waals surface area contributed by atoms with Gasteiger partial charge in [-0.15, -0.1) is 0 Å². The van der Waals surface area contributed by atoms with Gasteiger partial charge in [0.25, 0.3) is 0 Å². The van der Waals surface area contributed by atoms with E-state index in [0.717, 1.165) is 15.6 Å². The van der Waals surface area contributed by atoms with Gasteiger partial charge in [0.2, 0.25) is 11.8 Å². The van der Waals surface area contributed by atoms with Crippen molar-refractivity contribution in [2.75, 3.05) is 6.54 Å². The van der Waals surface area contributed by atoms with Crippen molar-refractivity contribution in [2.24, 2.45) is 5.92 Å². The second-order valence-corrected chi connectivity index (χ2v) is 10.6. The van der Waals surface area contributed by atoms with E-state index in [1.165, 1.54) is 0 Å². The number of rotatable bonds is 10. The van der Waals surface area contributed by atoms with Gasteiger partial charge in [-0.25, -0.2) is 0 Å². The molecule has 0 fully saturated rings. The molecule has 1 atom stereocenters. The molecular formula is C28H29BrCl2N2O2. The predicted molar refractivity (Wildman–Crippen MR) is 147 cm³/mol. The van der Waals surface area contributed by atoms with E-state index in [4.69, 9.17) is 23.2 Å². The van der Waals surface area contributed by atoms with Gasteiger partial charge in [0.15, 0.2) is 0 Å². The van der Waals surface area contributed by atoms with E-state index in [1.54, 1.807) is 23.1 Å². The lowest BCUT2D eigenvalue weighted by Crippen LogP contribution is -2.51. The fourth-order valence-corrected chi connectivity index (χ4v) is 4.74. The summed E-state index contributed by atoms with van der Waals surface area (Å²) in [5, 5.41) is 3.88. The molecule has 1 N–H and O–H groups in total. The van der Waals surface area contributed by atoms with E-state index in [1.807, 2.05) is 68.4 Å². The Kier molecular flexibility index (Phi) is 10.2. The van der Waals surface area contributed by atoms with E-state index in [-0.39, 0.29) is 30.7 Å². The molecule has 184 valence electrons. The Morgan fingerprint density at radius 2 is 1.54 bits per heavy atom. The van der Waals surface area contributed by atoms with Gasteiger partial charge in [-0.1, -0.05) is 102 Å². The van der Waals surface area contributed by atoms with Crippen LogP contribution in [0.1, 0.15) is 30.5 Å². The lowest BCUT2D eigenvalue weighted by molar-refractivity contribution is -0.140. The molecule has 0 heterocycles. The summed E-state index contributed by atoms with van der Waals surface area (Å²) in [7, 11) is 0. The van der Waals surface area contributed by atoms with Crippen LogP contribution in [0.2, 0.25) is 10.0 Å². The van der Waals surface area contributed by atoms with Gasteiger partial charge in [-0.2, -0.15) is 0 Å². The molecule has 4 nitrogen and oxygen atoms in total. The number of carbonyl (C=O) groups excluding carboxylic acids is 2. The van der Waals surface area contributed by atoms with E-state index in [2.05, 4.69) is 21.2 Å². The number of nitrogens with zero attached hydrogens (tertiary/aromatic N) is 1. The number of carbonyl (C=O) groups is 2. The highest BCUT2D eigenvalue weighted by molar-refractivity contribution is 9.10. The zero-order valence-corrected chi connectivity index (χ0v) is 22.9. The first kappa shape index (κ1) is 27.3. The molecule has 0 saturated heterocycles. The van der Waals surface area contributed by atoms with Gasteiger partial charge >= 0.3 is 0 Å². The molecule has 0 radical (unpaired) electrons. The van der Waals surface area contributed by atoms with Gasteiger partial charge in [0.05, 0.1) is 6.42 Å². The number of hydrogen-bond acceptors (Lipinski definition) is 2. The first-order valence-electron chi connectivity index (χ1n) is 11.5. The van der Waals surface area contributed by atoms with Gasteiger partial charge in [0, 0.05) is 34.0 Å². The number of halogens is 3. The van der Waals surface area contributed by atoms with E-state index >= 15 is 0 Å². The number of amides is 2. The lowest BCUT2D eigenvalue weighted by atomic mass is 10.0. The maximum atomic E-state index is 13.8. The normalized spacial score (nSPS) is 11.8. The largest absolute Gasteiger partial charge is 0.354 e. The number of nitrogens with one attached hydrogen (secondary N) is 1. The molecule has 0 bridgehead atoms. The zero-order valence-electron chi connectivity index (χ0n) is 19.8. The summed E-state index contributed by atoms with van der Waals surface area (Å²) in [6, 6.07) is 21.9. The van der Waals surface area contributed by atoms with Crippen LogP contribution in [0.15, 0.2) is 77.3 Å². The highest BCUT2D eigenvalue weighted by Gasteiger charge is 2.31. The van der Waals surface area contributed by atoms with Gasteiger partial charge in [0.1, 0.15) is 6.04 Å². The van der Waals surface area contributed by atoms with Crippen molar-refractivity contribution < 1.29 is 9.59 Å². The maximum absolute atomic E-state index is 13.8. The van der Waals surface area contributed by atoms with Crippen molar-refractivity contribution in [3.05, 3.63) is 104 Å². The fraction of sp³-hybridized carbons (Fsp3) is 0.286. The minimum atomic E-state index is -0.705. The van der Waals surface area contributed by atoms with Gasteiger partial charge in [-0.05, 0) is 46.9 Å². The number of hydrogen-bond donors (Lipinski definition) is 1. The standard InChI is InChI=1S/C28H29BrCl2N2O2/c1-19(2)17-32-28(35)26(15-20-8-4-3-5-9-20)33(18-21-10-6-11-22(29)14-21)27(34)16-23-24(30)12-7-13-25(23)31/h3-14,19,26H,15-18H2,1-2H3,(H,32,35)/t26-/m1/s1. The highest BCUT2D eigenvalue weighted by atomic mass is 79.9. The molecule has 3 rings (SSSR count). The second kappa shape index (κ2) is 13.1. The molecule has 3 aromatic carbocycles. The zero-order chi connectivity index (χ0) is 25.4. The highest BCUT2D eigenvalue weighted by Crippen LogP contribution is 2.26. The average molecular weight is 576 g/mol. The molecule has 0 saturated carbocycles. The Balaban J connectivity index is 2.00. The van der Waals surface area contributed by atoms with E-state index < -0.39 is 6.04 Å². The molecule has 0 unspecified atom stereocenters. The summed E-state index contributed by atoms with van der Waals surface area (Å²) in [6.45, 7) is 4.87. The summed E-state index contributed by atoms with van der Waals surface area (Å²) >= 11 is 16.3. The van der Waals surface area contributed by atoms with Crippen molar-refractivity contribution in [3.8, 4) is 0 Å². The third-order valence-corrected chi connectivity index (χ3v) is 6.79. The third kappa shape index (κ3) is 8.09. The predicted octanol–water partition coefficient (Wildman–Crippen LogP) is 6.71. The Bertz CT molecular complexity index is 1130. The Labute approximate surface area is 225 Å². The van der Waals surface area contributed by atoms with Crippen molar-refractivity contribution >= 4 is 50.9 Å². The summed E-state index contributed by atoms with van der Waals surface area (Å²) in [5.74, 6) is -0.121. The van der Waals surface area contributed by atoms with Crippen LogP contribution in [0.5, 0.6) is 0 Å². The Morgan fingerprint density at radius 3 is 2.17 bits per heavy atom. The van der Waals surface area contributed by atoms with Crippen LogP contribution in [0.25, 0.3) is 0 Å². The van der Waals surface area contributed by atoms with E-state index in [9.17, 15) is 9.59 Å². The Morgan fingerprint density at radius 1 is 0.914 bits per heavy atom. The number of benzene rings is 3. The molecule has 0 aliphatic carbocycles. The molecule has 35 heavy (non-hydrogen) atoms. The average Bonchev–Trinajstić information content (AvgIpc) is 2.82. The minimum absolute atomic E-state index is 0.00470. The molecule has 0 aliphatic rings. The van der Waals surface area contributed by atoms with Gasteiger partial charge in [-0.3, -0.25) is 9.59 Å². The summed E-state index contributed by atoms with van der Waals surface area (Å²) in [6.07, 6.45) is 0.385.